The number of para-hydroxylation sites is 2. The van der Waals surface area contributed by atoms with Crippen LogP contribution in [0.15, 0.2) is 134 Å². The van der Waals surface area contributed by atoms with Crippen LogP contribution in [0.2, 0.25) is 0 Å². The normalized spacial score (nSPS) is 10.6. The molecule has 148 valence electrons. The Morgan fingerprint density at radius 1 is 0.484 bits per heavy atom. The average molecular weight is 399 g/mol. The Morgan fingerprint density at radius 3 is 1.90 bits per heavy atom. The van der Waals surface area contributed by atoms with Crippen LogP contribution in [0.25, 0.3) is 22.4 Å². The highest BCUT2D eigenvalue weighted by molar-refractivity contribution is 5.88. The number of hydrogen-bond donors (Lipinski definition) is 0. The Labute approximate surface area is 183 Å². The second-order valence-electron chi connectivity index (χ2n) is 7.32. The summed E-state index contributed by atoms with van der Waals surface area (Å²) in [6.07, 6.45) is 1.83. The third-order valence-electron chi connectivity index (χ3n) is 5.31. The second kappa shape index (κ2) is 8.68. The first-order valence-corrected chi connectivity index (χ1v) is 10.4. The van der Waals surface area contributed by atoms with Gasteiger partial charge in [-0.3, -0.25) is 4.98 Å². The fraction of sp³-hybridized carbons (Fsp3) is 0. The Kier molecular flexibility index (Phi) is 5.27. The van der Waals surface area contributed by atoms with E-state index in [4.69, 9.17) is 0 Å². The average Bonchev–Trinajstić information content (AvgIpc) is 2.87. The van der Waals surface area contributed by atoms with E-state index in [1.54, 1.807) is 0 Å². The molecular weight excluding hydrogens is 376 g/mol. The number of rotatable bonds is 5. The molecule has 0 aliphatic rings. The van der Waals surface area contributed by atoms with Crippen LogP contribution in [0.4, 0.5) is 17.1 Å². The Hall–Kier alpha value is -4.17. The number of aromatic nitrogens is 1. The molecule has 0 saturated carbocycles. The van der Waals surface area contributed by atoms with E-state index < -0.39 is 0 Å². The monoisotopic (exact) mass is 398 g/mol. The third-order valence-corrected chi connectivity index (χ3v) is 5.31. The minimum atomic E-state index is 0.966. The van der Waals surface area contributed by atoms with Gasteiger partial charge in [-0.05, 0) is 48.0 Å². The minimum absolute atomic E-state index is 0.966. The highest BCUT2D eigenvalue weighted by Gasteiger charge is 2.17. The summed E-state index contributed by atoms with van der Waals surface area (Å²) in [5.74, 6) is 0. The summed E-state index contributed by atoms with van der Waals surface area (Å²) in [4.78, 5) is 6.86. The van der Waals surface area contributed by atoms with Crippen LogP contribution >= 0.6 is 0 Å². The van der Waals surface area contributed by atoms with Gasteiger partial charge >= 0.3 is 0 Å². The molecule has 0 aliphatic carbocycles. The van der Waals surface area contributed by atoms with Crippen molar-refractivity contribution in [2.75, 3.05) is 4.90 Å². The number of pyridine rings is 1. The molecule has 31 heavy (non-hydrogen) atoms. The molecule has 0 fully saturated rings. The first-order chi connectivity index (χ1) is 15.4. The fourth-order valence-electron chi connectivity index (χ4n) is 3.87. The fourth-order valence-corrected chi connectivity index (χ4v) is 3.87. The van der Waals surface area contributed by atoms with E-state index in [2.05, 4.69) is 119 Å². The predicted molar refractivity (Wildman–Crippen MR) is 130 cm³/mol. The van der Waals surface area contributed by atoms with Gasteiger partial charge in [-0.25, -0.2) is 0 Å². The van der Waals surface area contributed by atoms with Gasteiger partial charge in [0.05, 0.1) is 11.4 Å². The Morgan fingerprint density at radius 2 is 1.13 bits per heavy atom. The van der Waals surface area contributed by atoms with Crippen LogP contribution in [0.3, 0.4) is 0 Å². The van der Waals surface area contributed by atoms with Crippen LogP contribution < -0.4 is 4.90 Å². The molecular formula is C29H22N2. The maximum Gasteiger partial charge on any atom is 0.0702 e. The quantitative estimate of drug-likeness (QED) is 0.299. The molecule has 1 aromatic heterocycles. The van der Waals surface area contributed by atoms with Gasteiger partial charge in [0.15, 0.2) is 0 Å². The lowest BCUT2D eigenvalue weighted by molar-refractivity contribution is 1.27. The van der Waals surface area contributed by atoms with E-state index in [9.17, 15) is 0 Å². The molecule has 5 rings (SSSR count). The largest absolute Gasteiger partial charge is 0.310 e. The van der Waals surface area contributed by atoms with Gasteiger partial charge in [-0.1, -0.05) is 84.9 Å². The molecule has 2 nitrogen and oxygen atoms in total. The van der Waals surface area contributed by atoms with Crippen LogP contribution in [0.1, 0.15) is 0 Å². The van der Waals surface area contributed by atoms with Crippen molar-refractivity contribution in [2.24, 2.45) is 0 Å². The summed E-state index contributed by atoms with van der Waals surface area (Å²) < 4.78 is 0. The lowest BCUT2D eigenvalue weighted by Crippen LogP contribution is -2.11. The number of anilines is 3. The van der Waals surface area contributed by atoms with Crippen molar-refractivity contribution >= 4 is 17.1 Å². The van der Waals surface area contributed by atoms with Crippen LogP contribution in [0.5, 0.6) is 0 Å². The standard InChI is InChI=1S/C29H22N2/c1-3-12-23(13-4-1)27-18-7-8-20-29(27)31(25-15-5-2-6-16-25)26-17-11-14-24(22-26)28-19-9-10-21-30-28/h1-22H. The first kappa shape index (κ1) is 18.8. The number of hydrogen-bond acceptors (Lipinski definition) is 2. The molecule has 0 atom stereocenters. The van der Waals surface area contributed by atoms with E-state index in [1.807, 2.05) is 24.4 Å². The van der Waals surface area contributed by atoms with Crippen molar-refractivity contribution in [1.29, 1.82) is 0 Å². The molecule has 0 spiro atoms. The summed E-state index contributed by atoms with van der Waals surface area (Å²) in [6, 6.07) is 44.2. The van der Waals surface area contributed by atoms with Gasteiger partial charge in [0.2, 0.25) is 0 Å². The molecule has 0 radical (unpaired) electrons. The first-order valence-electron chi connectivity index (χ1n) is 10.4. The molecule has 1 heterocycles. The van der Waals surface area contributed by atoms with Crippen LogP contribution in [-0.4, -0.2) is 4.98 Å². The van der Waals surface area contributed by atoms with Gasteiger partial charge in [-0.15, -0.1) is 0 Å². The van der Waals surface area contributed by atoms with Crippen molar-refractivity contribution in [1.82, 2.24) is 4.98 Å². The van der Waals surface area contributed by atoms with Gasteiger partial charge in [0.1, 0.15) is 0 Å². The summed E-state index contributed by atoms with van der Waals surface area (Å²) in [7, 11) is 0. The van der Waals surface area contributed by atoms with Gasteiger partial charge in [-0.2, -0.15) is 0 Å². The lowest BCUT2D eigenvalue weighted by atomic mass is 10.0. The highest BCUT2D eigenvalue weighted by Crippen LogP contribution is 2.41. The summed E-state index contributed by atoms with van der Waals surface area (Å²) in [5.41, 5.74) is 7.79. The van der Waals surface area contributed by atoms with Crippen molar-refractivity contribution in [3.05, 3.63) is 134 Å². The van der Waals surface area contributed by atoms with Crippen molar-refractivity contribution in [3.8, 4) is 22.4 Å². The van der Waals surface area contributed by atoms with Crippen molar-refractivity contribution < 1.29 is 0 Å². The van der Waals surface area contributed by atoms with Gasteiger partial charge < -0.3 is 4.90 Å². The molecule has 0 unspecified atom stereocenters. The zero-order valence-corrected chi connectivity index (χ0v) is 17.1. The topological polar surface area (TPSA) is 16.1 Å². The SMILES string of the molecule is c1ccc(-c2ccccc2N(c2ccccc2)c2cccc(-c3ccccn3)c2)cc1. The molecule has 0 bridgehead atoms. The van der Waals surface area contributed by atoms with Crippen molar-refractivity contribution in [2.45, 2.75) is 0 Å². The maximum atomic E-state index is 4.54. The predicted octanol–water partition coefficient (Wildman–Crippen LogP) is 7.89. The van der Waals surface area contributed by atoms with Crippen molar-refractivity contribution in [3.63, 3.8) is 0 Å². The van der Waals surface area contributed by atoms with Gasteiger partial charge in [0, 0.05) is 28.7 Å². The zero-order valence-electron chi connectivity index (χ0n) is 17.1. The van der Waals surface area contributed by atoms with E-state index in [0.717, 1.165) is 28.3 Å². The van der Waals surface area contributed by atoms with Gasteiger partial charge in [0.25, 0.3) is 0 Å². The maximum absolute atomic E-state index is 4.54. The third kappa shape index (κ3) is 3.96. The number of nitrogens with zero attached hydrogens (tertiary/aromatic N) is 2. The zero-order chi connectivity index (χ0) is 20.9. The molecule has 5 aromatic rings. The molecule has 0 saturated heterocycles. The smallest absolute Gasteiger partial charge is 0.0702 e. The summed E-state index contributed by atoms with van der Waals surface area (Å²) in [5, 5.41) is 0. The minimum Gasteiger partial charge on any atom is -0.310 e. The summed E-state index contributed by atoms with van der Waals surface area (Å²) >= 11 is 0. The van der Waals surface area contributed by atoms with E-state index in [-0.39, 0.29) is 0 Å². The molecule has 0 N–H and O–H groups in total. The van der Waals surface area contributed by atoms with E-state index >= 15 is 0 Å². The highest BCUT2D eigenvalue weighted by atomic mass is 15.1. The van der Waals surface area contributed by atoms with Crippen LogP contribution in [-0.2, 0) is 0 Å². The Bertz CT molecular complexity index is 1270. The Balaban J connectivity index is 1.70. The molecule has 0 aliphatic heterocycles. The lowest BCUT2D eigenvalue weighted by Gasteiger charge is -2.28. The van der Waals surface area contributed by atoms with E-state index in [0.29, 0.717) is 0 Å². The number of benzene rings is 4. The van der Waals surface area contributed by atoms with Crippen LogP contribution in [0, 0.1) is 0 Å². The van der Waals surface area contributed by atoms with E-state index in [1.165, 1.54) is 11.1 Å². The summed E-state index contributed by atoms with van der Waals surface area (Å²) in [6.45, 7) is 0. The molecule has 0 amide bonds. The molecule has 4 aromatic carbocycles. The second-order valence-corrected chi connectivity index (χ2v) is 7.32. The molecule has 2 heteroatoms.